The van der Waals surface area contributed by atoms with Crippen molar-refractivity contribution in [3.8, 4) is 0 Å². The monoisotopic (exact) mass is 404 g/mol. The Labute approximate surface area is 167 Å². The summed E-state index contributed by atoms with van der Waals surface area (Å²) in [5, 5.41) is 2.92. The van der Waals surface area contributed by atoms with E-state index in [4.69, 9.17) is 0 Å². The fourth-order valence-corrected chi connectivity index (χ4v) is 3.49. The molecule has 2 aromatic rings. The van der Waals surface area contributed by atoms with Gasteiger partial charge >= 0.3 is 6.18 Å². The van der Waals surface area contributed by atoms with Gasteiger partial charge in [-0.25, -0.2) is 0 Å². The summed E-state index contributed by atoms with van der Waals surface area (Å²) in [5.41, 5.74) is 1.82. The highest BCUT2D eigenvalue weighted by Gasteiger charge is 2.33. The molecule has 0 saturated carbocycles. The Morgan fingerprint density at radius 2 is 1.86 bits per heavy atom. The zero-order valence-corrected chi connectivity index (χ0v) is 16.3. The van der Waals surface area contributed by atoms with Crippen molar-refractivity contribution in [3.63, 3.8) is 0 Å². The molecular weight excluding hydrogens is 381 g/mol. The molecule has 0 aliphatic carbocycles. The largest absolute Gasteiger partial charge is 0.416 e. The number of carbonyl (C=O) groups excluding carboxylic acids is 2. The van der Waals surface area contributed by atoms with E-state index in [9.17, 15) is 22.8 Å². The van der Waals surface area contributed by atoms with Crippen LogP contribution in [0.5, 0.6) is 0 Å². The predicted octanol–water partition coefficient (Wildman–Crippen LogP) is 4.81. The van der Waals surface area contributed by atoms with Gasteiger partial charge in [-0.2, -0.15) is 13.2 Å². The summed E-state index contributed by atoms with van der Waals surface area (Å²) in [6, 6.07) is 10.2. The fraction of sp³-hybridized carbons (Fsp3) is 0.364. The van der Waals surface area contributed by atoms with Crippen LogP contribution in [0.25, 0.3) is 0 Å². The minimum Gasteiger partial charge on any atom is -0.338 e. The zero-order chi connectivity index (χ0) is 21.2. The maximum atomic E-state index is 12.9. The van der Waals surface area contributed by atoms with Crippen molar-refractivity contribution in [1.82, 2.24) is 4.90 Å². The third kappa shape index (κ3) is 4.96. The molecule has 0 aromatic heterocycles. The number of likely N-dealkylation sites (tertiary alicyclic amines) is 1. The van der Waals surface area contributed by atoms with Crippen molar-refractivity contribution in [2.75, 3.05) is 18.4 Å². The van der Waals surface area contributed by atoms with Crippen molar-refractivity contribution in [1.29, 1.82) is 0 Å². The second-order valence-electron chi connectivity index (χ2n) is 7.48. The van der Waals surface area contributed by atoms with Crippen LogP contribution in [0.3, 0.4) is 0 Å². The molecule has 1 fully saturated rings. The van der Waals surface area contributed by atoms with E-state index in [1.807, 2.05) is 32.0 Å². The maximum Gasteiger partial charge on any atom is 0.416 e. The lowest BCUT2D eigenvalue weighted by Gasteiger charge is -2.32. The summed E-state index contributed by atoms with van der Waals surface area (Å²) in [6.07, 6.45) is -3.26. The van der Waals surface area contributed by atoms with Crippen molar-refractivity contribution in [2.45, 2.75) is 32.9 Å². The van der Waals surface area contributed by atoms with Crippen LogP contribution in [0.15, 0.2) is 42.5 Å². The van der Waals surface area contributed by atoms with E-state index < -0.39 is 23.6 Å². The second-order valence-corrected chi connectivity index (χ2v) is 7.48. The molecule has 4 nitrogen and oxygen atoms in total. The van der Waals surface area contributed by atoms with Gasteiger partial charge in [-0.05, 0) is 62.1 Å². The van der Waals surface area contributed by atoms with Crippen LogP contribution < -0.4 is 5.32 Å². The minimum atomic E-state index is -4.51. The molecule has 1 N–H and O–H groups in total. The minimum absolute atomic E-state index is 0.0181. The third-order valence-corrected chi connectivity index (χ3v) is 5.17. The van der Waals surface area contributed by atoms with Gasteiger partial charge in [0.2, 0.25) is 5.91 Å². The van der Waals surface area contributed by atoms with Gasteiger partial charge in [-0.15, -0.1) is 0 Å². The number of hydrogen-bond donors (Lipinski definition) is 1. The van der Waals surface area contributed by atoms with Crippen LogP contribution in [-0.4, -0.2) is 29.8 Å². The SMILES string of the molecule is Cc1ccc(C)c(NC(=O)C2CCCN(C(=O)c3cccc(C(F)(F)F)c3)C2)c1. The van der Waals surface area contributed by atoms with Crippen molar-refractivity contribution >= 4 is 17.5 Å². The molecule has 1 unspecified atom stereocenters. The topological polar surface area (TPSA) is 49.4 Å². The van der Waals surface area contributed by atoms with Crippen molar-refractivity contribution in [3.05, 3.63) is 64.7 Å². The molecule has 1 atom stereocenters. The molecular formula is C22H23F3N2O2. The number of anilines is 1. The Kier molecular flexibility index (Phi) is 5.96. The Morgan fingerprint density at radius 3 is 2.59 bits per heavy atom. The number of rotatable bonds is 3. The van der Waals surface area contributed by atoms with Crippen LogP contribution in [0.2, 0.25) is 0 Å². The molecule has 1 aliphatic rings. The summed E-state index contributed by atoms with van der Waals surface area (Å²) < 4.78 is 38.8. The summed E-state index contributed by atoms with van der Waals surface area (Å²) in [4.78, 5) is 26.9. The molecule has 0 spiro atoms. The van der Waals surface area contributed by atoms with Gasteiger partial charge in [0, 0.05) is 24.3 Å². The first-order chi connectivity index (χ1) is 13.6. The van der Waals surface area contributed by atoms with E-state index in [1.54, 1.807) is 0 Å². The quantitative estimate of drug-likeness (QED) is 0.798. The fourth-order valence-electron chi connectivity index (χ4n) is 3.49. The number of piperidine rings is 1. The summed E-state index contributed by atoms with van der Waals surface area (Å²) in [5.74, 6) is -1.07. The highest BCUT2D eigenvalue weighted by molar-refractivity contribution is 5.96. The number of amides is 2. The van der Waals surface area contributed by atoms with Gasteiger partial charge in [-0.3, -0.25) is 9.59 Å². The lowest BCUT2D eigenvalue weighted by atomic mass is 9.96. The lowest BCUT2D eigenvalue weighted by Crippen LogP contribution is -2.43. The number of nitrogens with zero attached hydrogens (tertiary/aromatic N) is 1. The summed E-state index contributed by atoms with van der Waals surface area (Å²) in [6.45, 7) is 4.44. The molecule has 0 radical (unpaired) electrons. The van der Waals surface area contributed by atoms with Gasteiger partial charge in [0.1, 0.15) is 0 Å². The Balaban J connectivity index is 1.71. The molecule has 2 aromatic carbocycles. The van der Waals surface area contributed by atoms with E-state index >= 15 is 0 Å². The highest BCUT2D eigenvalue weighted by Crippen LogP contribution is 2.30. The molecule has 29 heavy (non-hydrogen) atoms. The smallest absolute Gasteiger partial charge is 0.338 e. The average molecular weight is 404 g/mol. The first kappa shape index (κ1) is 20.9. The number of hydrogen-bond acceptors (Lipinski definition) is 2. The van der Waals surface area contributed by atoms with Crippen LogP contribution >= 0.6 is 0 Å². The lowest BCUT2D eigenvalue weighted by molar-refractivity contribution is -0.137. The number of carbonyl (C=O) groups is 2. The zero-order valence-electron chi connectivity index (χ0n) is 16.3. The van der Waals surface area contributed by atoms with E-state index in [2.05, 4.69) is 5.32 Å². The van der Waals surface area contributed by atoms with Gasteiger partial charge in [0.15, 0.2) is 0 Å². The summed E-state index contributed by atoms with van der Waals surface area (Å²) >= 11 is 0. The molecule has 1 saturated heterocycles. The third-order valence-electron chi connectivity index (χ3n) is 5.17. The van der Waals surface area contributed by atoms with Gasteiger partial charge in [-0.1, -0.05) is 18.2 Å². The molecule has 7 heteroatoms. The molecule has 3 rings (SSSR count). The van der Waals surface area contributed by atoms with Gasteiger partial charge in [0.05, 0.1) is 11.5 Å². The average Bonchev–Trinajstić information content (AvgIpc) is 2.69. The van der Waals surface area contributed by atoms with Crippen molar-refractivity contribution in [2.24, 2.45) is 5.92 Å². The van der Waals surface area contributed by atoms with Gasteiger partial charge < -0.3 is 10.2 Å². The number of alkyl halides is 3. The van der Waals surface area contributed by atoms with E-state index in [0.29, 0.717) is 19.4 Å². The standard InChI is InChI=1S/C22H23F3N2O2/c1-14-8-9-15(2)19(11-14)26-20(28)17-6-4-10-27(13-17)21(29)16-5-3-7-18(12-16)22(23,24)25/h3,5,7-9,11-12,17H,4,6,10,13H2,1-2H3,(H,26,28). The predicted molar refractivity (Wildman–Crippen MR) is 105 cm³/mol. The molecule has 0 bridgehead atoms. The van der Waals surface area contributed by atoms with E-state index in [1.165, 1.54) is 17.0 Å². The molecule has 2 amide bonds. The van der Waals surface area contributed by atoms with Gasteiger partial charge in [0.25, 0.3) is 5.91 Å². The molecule has 154 valence electrons. The number of nitrogens with one attached hydrogen (secondary N) is 1. The van der Waals surface area contributed by atoms with E-state index in [-0.39, 0.29) is 18.0 Å². The maximum absolute atomic E-state index is 12.9. The van der Waals surface area contributed by atoms with Crippen molar-refractivity contribution < 1.29 is 22.8 Å². The summed E-state index contributed by atoms with van der Waals surface area (Å²) in [7, 11) is 0. The van der Waals surface area contributed by atoms with Crippen LogP contribution in [0, 0.1) is 19.8 Å². The number of benzene rings is 2. The van der Waals surface area contributed by atoms with E-state index in [0.717, 1.165) is 28.9 Å². The normalized spacial score (nSPS) is 17.1. The Bertz CT molecular complexity index is 925. The number of aryl methyl sites for hydroxylation is 2. The Hall–Kier alpha value is -2.83. The van der Waals surface area contributed by atoms with Crippen LogP contribution in [0.4, 0.5) is 18.9 Å². The van der Waals surface area contributed by atoms with Crippen LogP contribution in [0.1, 0.15) is 39.9 Å². The first-order valence-electron chi connectivity index (χ1n) is 9.50. The molecule has 1 heterocycles. The first-order valence-corrected chi connectivity index (χ1v) is 9.50. The highest BCUT2D eigenvalue weighted by atomic mass is 19.4. The second kappa shape index (κ2) is 8.27. The Morgan fingerprint density at radius 1 is 1.10 bits per heavy atom. The van der Waals surface area contributed by atoms with Crippen LogP contribution in [-0.2, 0) is 11.0 Å². The molecule has 1 aliphatic heterocycles. The number of halogens is 3.